The lowest BCUT2D eigenvalue weighted by molar-refractivity contribution is 0.233. The van der Waals surface area contributed by atoms with Crippen LogP contribution in [-0.4, -0.2) is 0 Å². The highest BCUT2D eigenvalue weighted by atomic mass is 14.3. The van der Waals surface area contributed by atoms with E-state index in [4.69, 9.17) is 0 Å². The van der Waals surface area contributed by atoms with Gasteiger partial charge in [0.25, 0.3) is 0 Å². The Hall–Kier alpha value is -0.260. The molecule has 0 aromatic rings. The summed E-state index contributed by atoms with van der Waals surface area (Å²) in [6.45, 7) is 9.66. The lowest BCUT2D eigenvalue weighted by Gasteiger charge is -2.37. The number of hydrogen-bond donors (Lipinski definition) is 0. The van der Waals surface area contributed by atoms with Crippen LogP contribution in [0.2, 0.25) is 0 Å². The summed E-state index contributed by atoms with van der Waals surface area (Å²) in [6, 6.07) is 0. The molecule has 0 nitrogen and oxygen atoms in total. The van der Waals surface area contributed by atoms with E-state index in [1.807, 2.05) is 0 Å². The van der Waals surface area contributed by atoms with E-state index in [9.17, 15) is 0 Å². The summed E-state index contributed by atoms with van der Waals surface area (Å²) < 4.78 is 0. The molecule has 0 radical (unpaired) electrons. The molecule has 2 rings (SSSR count). The van der Waals surface area contributed by atoms with Crippen LogP contribution >= 0.6 is 0 Å². The zero-order valence-electron chi connectivity index (χ0n) is 12.3. The van der Waals surface area contributed by atoms with Gasteiger partial charge in [-0.3, -0.25) is 0 Å². The number of allylic oxidation sites excluding steroid dienone is 2. The number of rotatable bonds is 5. The van der Waals surface area contributed by atoms with Gasteiger partial charge >= 0.3 is 0 Å². The van der Waals surface area contributed by atoms with Crippen molar-refractivity contribution in [1.82, 2.24) is 0 Å². The van der Waals surface area contributed by atoms with Gasteiger partial charge in [0.1, 0.15) is 0 Å². The summed E-state index contributed by atoms with van der Waals surface area (Å²) in [7, 11) is 0. The van der Waals surface area contributed by atoms with Crippen molar-refractivity contribution in [1.29, 1.82) is 0 Å². The van der Waals surface area contributed by atoms with E-state index >= 15 is 0 Å². The second kappa shape index (κ2) is 5.59. The second-order valence-corrected chi connectivity index (χ2v) is 6.80. The summed E-state index contributed by atoms with van der Waals surface area (Å²) in [5, 5.41) is 0. The van der Waals surface area contributed by atoms with E-state index < -0.39 is 0 Å². The molecule has 2 saturated carbocycles. The van der Waals surface area contributed by atoms with Gasteiger partial charge in [-0.15, -0.1) is 0 Å². The number of hydrogen-bond acceptors (Lipinski definition) is 0. The van der Waals surface area contributed by atoms with E-state index in [1.165, 1.54) is 44.9 Å². The fourth-order valence-corrected chi connectivity index (χ4v) is 3.47. The lowest BCUT2D eigenvalue weighted by atomic mass is 9.69. The molecule has 98 valence electrons. The van der Waals surface area contributed by atoms with Crippen molar-refractivity contribution in [2.75, 3.05) is 0 Å². The highest BCUT2D eigenvalue weighted by Crippen LogP contribution is 2.41. The predicted octanol–water partition coefficient (Wildman–Crippen LogP) is 5.59. The Morgan fingerprint density at radius 2 is 1.82 bits per heavy atom. The van der Waals surface area contributed by atoms with Gasteiger partial charge < -0.3 is 0 Å². The summed E-state index contributed by atoms with van der Waals surface area (Å²) >= 11 is 0. The molecule has 3 atom stereocenters. The van der Waals surface area contributed by atoms with E-state index in [-0.39, 0.29) is 0 Å². The van der Waals surface area contributed by atoms with Crippen LogP contribution in [0.4, 0.5) is 0 Å². The van der Waals surface area contributed by atoms with Crippen LogP contribution in [0.5, 0.6) is 0 Å². The second-order valence-electron chi connectivity index (χ2n) is 6.80. The molecule has 2 aliphatic rings. The molecule has 0 amide bonds. The molecule has 0 spiro atoms. The molecule has 0 aromatic carbocycles. The predicted molar refractivity (Wildman–Crippen MR) is 76.0 cm³/mol. The first-order valence-electron chi connectivity index (χ1n) is 7.76. The van der Waals surface area contributed by atoms with Gasteiger partial charge in [-0.05, 0) is 63.2 Å². The van der Waals surface area contributed by atoms with Crippen molar-refractivity contribution in [3.8, 4) is 0 Å². The van der Waals surface area contributed by atoms with Crippen molar-refractivity contribution in [3.63, 3.8) is 0 Å². The van der Waals surface area contributed by atoms with Crippen LogP contribution in [0, 0.1) is 23.7 Å². The van der Waals surface area contributed by atoms with Gasteiger partial charge in [0.15, 0.2) is 0 Å². The zero-order valence-corrected chi connectivity index (χ0v) is 12.3. The van der Waals surface area contributed by atoms with Gasteiger partial charge in [0, 0.05) is 0 Å². The zero-order chi connectivity index (χ0) is 12.4. The fraction of sp³-hybridized carbons (Fsp3) is 0.882. The largest absolute Gasteiger partial charge is 0.0713 e. The van der Waals surface area contributed by atoms with Crippen LogP contribution < -0.4 is 0 Å². The van der Waals surface area contributed by atoms with E-state index in [0.717, 1.165) is 23.7 Å². The fourth-order valence-electron chi connectivity index (χ4n) is 3.47. The maximum absolute atomic E-state index is 2.45. The Balaban J connectivity index is 1.83. The van der Waals surface area contributed by atoms with E-state index in [2.05, 4.69) is 27.7 Å². The first-order chi connectivity index (χ1) is 8.09. The molecule has 2 aliphatic carbocycles. The highest BCUT2D eigenvalue weighted by molar-refractivity contribution is 5.18. The van der Waals surface area contributed by atoms with Crippen LogP contribution in [0.15, 0.2) is 11.1 Å². The van der Waals surface area contributed by atoms with Crippen LogP contribution in [0.1, 0.15) is 72.6 Å². The molecule has 0 saturated heterocycles. The SMILES string of the molecule is CC(=C(C)C1CCC1C)C(C)CCC1CCC1. The van der Waals surface area contributed by atoms with Crippen molar-refractivity contribution >= 4 is 0 Å². The van der Waals surface area contributed by atoms with E-state index in [0.29, 0.717) is 0 Å². The maximum atomic E-state index is 2.45. The molecular formula is C17H30. The molecular weight excluding hydrogens is 204 g/mol. The standard InChI is InChI=1S/C17H30/c1-12(8-10-16-6-5-7-16)14(3)15(4)17-11-9-13(17)2/h12-13,16-17H,5-11H2,1-4H3. The van der Waals surface area contributed by atoms with Gasteiger partial charge in [-0.25, -0.2) is 0 Å². The third kappa shape index (κ3) is 2.95. The Bertz CT molecular complexity index is 282. The maximum Gasteiger partial charge on any atom is -0.0177 e. The summed E-state index contributed by atoms with van der Waals surface area (Å²) in [6.07, 6.45) is 10.3. The first-order valence-corrected chi connectivity index (χ1v) is 7.76. The lowest BCUT2D eigenvalue weighted by Crippen LogP contribution is -2.25. The van der Waals surface area contributed by atoms with Gasteiger partial charge in [-0.1, -0.05) is 44.3 Å². The molecule has 0 heteroatoms. The smallest absolute Gasteiger partial charge is 0.0177 e. The molecule has 0 aromatic heterocycles. The highest BCUT2D eigenvalue weighted by Gasteiger charge is 2.29. The van der Waals surface area contributed by atoms with E-state index in [1.54, 1.807) is 11.1 Å². The van der Waals surface area contributed by atoms with Crippen molar-refractivity contribution in [2.24, 2.45) is 23.7 Å². The van der Waals surface area contributed by atoms with Crippen molar-refractivity contribution in [3.05, 3.63) is 11.1 Å². The summed E-state index contributed by atoms with van der Waals surface area (Å²) in [5.41, 5.74) is 3.44. The minimum absolute atomic E-state index is 0.823. The topological polar surface area (TPSA) is 0 Å². The molecule has 3 unspecified atom stereocenters. The van der Waals surface area contributed by atoms with Crippen molar-refractivity contribution < 1.29 is 0 Å². The van der Waals surface area contributed by atoms with Crippen LogP contribution in [0.3, 0.4) is 0 Å². The molecule has 0 N–H and O–H groups in total. The third-order valence-corrected chi connectivity index (χ3v) is 5.77. The van der Waals surface area contributed by atoms with Gasteiger partial charge in [0.05, 0.1) is 0 Å². The Labute approximate surface area is 108 Å². The van der Waals surface area contributed by atoms with Gasteiger partial charge in [-0.2, -0.15) is 0 Å². The van der Waals surface area contributed by atoms with Crippen LogP contribution in [0.25, 0.3) is 0 Å². The molecule has 0 aliphatic heterocycles. The quantitative estimate of drug-likeness (QED) is 0.544. The minimum Gasteiger partial charge on any atom is -0.0713 e. The molecule has 2 fully saturated rings. The average Bonchev–Trinajstić information content (AvgIpc) is 2.23. The average molecular weight is 234 g/mol. The Morgan fingerprint density at radius 1 is 1.12 bits per heavy atom. The molecule has 0 bridgehead atoms. The Kier molecular flexibility index (Phi) is 4.33. The minimum atomic E-state index is 0.823. The molecule has 17 heavy (non-hydrogen) atoms. The first kappa shape index (κ1) is 13.2. The third-order valence-electron chi connectivity index (χ3n) is 5.77. The molecule has 0 heterocycles. The van der Waals surface area contributed by atoms with Crippen molar-refractivity contribution in [2.45, 2.75) is 72.6 Å². The summed E-state index contributed by atoms with van der Waals surface area (Å²) in [5.74, 6) is 3.77. The summed E-state index contributed by atoms with van der Waals surface area (Å²) in [4.78, 5) is 0. The Morgan fingerprint density at radius 3 is 2.24 bits per heavy atom. The van der Waals surface area contributed by atoms with Crippen LogP contribution in [-0.2, 0) is 0 Å². The normalized spacial score (nSPS) is 32.5. The van der Waals surface area contributed by atoms with Gasteiger partial charge in [0.2, 0.25) is 0 Å². The monoisotopic (exact) mass is 234 g/mol.